The summed E-state index contributed by atoms with van der Waals surface area (Å²) in [5.41, 5.74) is 3.17. The normalized spacial score (nSPS) is 16.5. The van der Waals surface area contributed by atoms with Crippen molar-refractivity contribution in [3.63, 3.8) is 0 Å². The molecule has 2 aromatic rings. The second kappa shape index (κ2) is 7.89. The first-order valence-electron chi connectivity index (χ1n) is 8.65. The monoisotopic (exact) mass is 357 g/mol. The molecule has 1 aliphatic rings. The molecule has 0 radical (unpaired) electrons. The van der Waals surface area contributed by atoms with E-state index in [1.165, 1.54) is 5.56 Å². The van der Waals surface area contributed by atoms with Gasteiger partial charge < -0.3 is 10.2 Å². The van der Waals surface area contributed by atoms with Crippen LogP contribution in [0.1, 0.15) is 12.5 Å². The van der Waals surface area contributed by atoms with Crippen molar-refractivity contribution < 1.29 is 4.79 Å². The number of hydrogen-bond acceptors (Lipinski definition) is 3. The lowest BCUT2D eigenvalue weighted by Gasteiger charge is -2.38. The van der Waals surface area contributed by atoms with Crippen LogP contribution in [0.2, 0.25) is 5.02 Å². The van der Waals surface area contributed by atoms with E-state index in [2.05, 4.69) is 21.2 Å². The van der Waals surface area contributed by atoms with E-state index >= 15 is 0 Å². The Balaban J connectivity index is 1.54. The molecular weight excluding hydrogens is 334 g/mol. The molecule has 0 saturated carbocycles. The summed E-state index contributed by atoms with van der Waals surface area (Å²) >= 11 is 6.08. The van der Waals surface area contributed by atoms with Crippen molar-refractivity contribution >= 4 is 28.9 Å². The second-order valence-corrected chi connectivity index (χ2v) is 6.97. The number of piperazine rings is 1. The quantitative estimate of drug-likeness (QED) is 0.904. The van der Waals surface area contributed by atoms with Crippen molar-refractivity contribution in [2.45, 2.75) is 19.9 Å². The predicted octanol–water partition coefficient (Wildman–Crippen LogP) is 3.80. The summed E-state index contributed by atoms with van der Waals surface area (Å²) in [6.07, 6.45) is 0. The lowest BCUT2D eigenvalue weighted by Crippen LogP contribution is -2.52. The third-order valence-electron chi connectivity index (χ3n) is 4.73. The van der Waals surface area contributed by atoms with Crippen molar-refractivity contribution in [3.8, 4) is 0 Å². The number of amides is 1. The van der Waals surface area contributed by atoms with Gasteiger partial charge >= 0.3 is 0 Å². The molecule has 4 nitrogen and oxygen atoms in total. The summed E-state index contributed by atoms with van der Waals surface area (Å²) in [4.78, 5) is 17.0. The minimum atomic E-state index is -0.150. The van der Waals surface area contributed by atoms with Crippen LogP contribution in [0.15, 0.2) is 48.5 Å². The Hall–Kier alpha value is -2.04. The highest BCUT2D eigenvalue weighted by molar-refractivity contribution is 6.30. The van der Waals surface area contributed by atoms with Gasteiger partial charge in [-0.2, -0.15) is 0 Å². The highest BCUT2D eigenvalue weighted by Crippen LogP contribution is 2.21. The number of halogens is 1. The maximum Gasteiger partial charge on any atom is 0.241 e. The predicted molar refractivity (Wildman–Crippen MR) is 105 cm³/mol. The van der Waals surface area contributed by atoms with E-state index < -0.39 is 0 Å². The van der Waals surface area contributed by atoms with Gasteiger partial charge in [0.1, 0.15) is 0 Å². The van der Waals surface area contributed by atoms with E-state index in [0.717, 1.165) is 42.6 Å². The SMILES string of the molecule is Cc1ccc(NC(=O)[C@@H](C)N2CCN(c3cccc(Cl)c3)CC2)cc1. The van der Waals surface area contributed by atoms with Gasteiger partial charge in [-0.1, -0.05) is 35.4 Å². The van der Waals surface area contributed by atoms with Crippen LogP contribution in [0.3, 0.4) is 0 Å². The molecule has 3 rings (SSSR count). The summed E-state index contributed by atoms with van der Waals surface area (Å²) in [6.45, 7) is 7.50. The van der Waals surface area contributed by atoms with Gasteiger partial charge in [0.2, 0.25) is 5.91 Å². The Morgan fingerprint density at radius 3 is 2.40 bits per heavy atom. The third kappa shape index (κ3) is 4.53. The Morgan fingerprint density at radius 2 is 1.76 bits per heavy atom. The number of benzene rings is 2. The number of aryl methyl sites for hydroxylation is 1. The zero-order chi connectivity index (χ0) is 17.8. The molecule has 0 aliphatic carbocycles. The van der Waals surface area contributed by atoms with Gasteiger partial charge in [0.05, 0.1) is 6.04 Å². The topological polar surface area (TPSA) is 35.6 Å². The van der Waals surface area contributed by atoms with E-state index in [9.17, 15) is 4.79 Å². The van der Waals surface area contributed by atoms with Gasteiger partial charge in [-0.05, 0) is 44.2 Å². The van der Waals surface area contributed by atoms with E-state index in [-0.39, 0.29) is 11.9 Å². The average Bonchev–Trinajstić information content (AvgIpc) is 2.63. The lowest BCUT2D eigenvalue weighted by atomic mass is 10.2. The van der Waals surface area contributed by atoms with Crippen molar-refractivity contribution in [2.24, 2.45) is 0 Å². The summed E-state index contributed by atoms with van der Waals surface area (Å²) in [5.74, 6) is 0.0417. The fourth-order valence-corrected chi connectivity index (χ4v) is 3.27. The first-order valence-corrected chi connectivity index (χ1v) is 9.03. The third-order valence-corrected chi connectivity index (χ3v) is 4.97. The number of carbonyl (C=O) groups is 1. The van der Waals surface area contributed by atoms with Crippen LogP contribution < -0.4 is 10.2 Å². The molecule has 25 heavy (non-hydrogen) atoms. The van der Waals surface area contributed by atoms with Crippen molar-refractivity contribution in [1.82, 2.24) is 4.90 Å². The molecule has 1 saturated heterocycles. The summed E-state index contributed by atoms with van der Waals surface area (Å²) < 4.78 is 0. The average molecular weight is 358 g/mol. The number of nitrogens with one attached hydrogen (secondary N) is 1. The molecule has 2 aromatic carbocycles. The second-order valence-electron chi connectivity index (χ2n) is 6.53. The zero-order valence-electron chi connectivity index (χ0n) is 14.7. The molecule has 1 heterocycles. The number of anilines is 2. The van der Waals surface area contributed by atoms with Gasteiger partial charge in [-0.3, -0.25) is 9.69 Å². The number of carbonyl (C=O) groups excluding carboxylic acids is 1. The molecule has 1 amide bonds. The minimum absolute atomic E-state index is 0.0417. The molecule has 1 fully saturated rings. The van der Waals surface area contributed by atoms with E-state index in [0.29, 0.717) is 0 Å². The number of hydrogen-bond donors (Lipinski definition) is 1. The van der Waals surface area contributed by atoms with Crippen LogP contribution in [0.5, 0.6) is 0 Å². The Labute approximate surface area is 154 Å². The molecule has 5 heteroatoms. The molecule has 1 N–H and O–H groups in total. The van der Waals surface area contributed by atoms with Crippen LogP contribution in [-0.4, -0.2) is 43.0 Å². The van der Waals surface area contributed by atoms with Crippen molar-refractivity contribution in [2.75, 3.05) is 36.4 Å². The maximum atomic E-state index is 12.5. The summed E-state index contributed by atoms with van der Waals surface area (Å²) in [6, 6.07) is 15.7. The number of nitrogens with zero attached hydrogens (tertiary/aromatic N) is 2. The fourth-order valence-electron chi connectivity index (χ4n) is 3.09. The standard InChI is InChI=1S/C20H24ClN3O/c1-15-6-8-18(9-7-15)22-20(25)16(2)23-10-12-24(13-11-23)19-5-3-4-17(21)14-19/h3-9,14,16H,10-13H2,1-2H3,(H,22,25)/t16-/m1/s1. The number of rotatable bonds is 4. The maximum absolute atomic E-state index is 12.5. The molecule has 1 aliphatic heterocycles. The highest BCUT2D eigenvalue weighted by atomic mass is 35.5. The lowest BCUT2D eigenvalue weighted by molar-refractivity contribution is -0.120. The van der Waals surface area contributed by atoms with E-state index in [1.54, 1.807) is 0 Å². The van der Waals surface area contributed by atoms with Crippen molar-refractivity contribution in [1.29, 1.82) is 0 Å². The van der Waals surface area contributed by atoms with Crippen LogP contribution in [-0.2, 0) is 4.79 Å². The molecule has 0 aromatic heterocycles. The van der Waals surface area contributed by atoms with Gasteiger partial charge in [-0.15, -0.1) is 0 Å². The molecule has 132 valence electrons. The van der Waals surface area contributed by atoms with Crippen LogP contribution in [0.4, 0.5) is 11.4 Å². The smallest absolute Gasteiger partial charge is 0.241 e. The van der Waals surface area contributed by atoms with E-state index in [4.69, 9.17) is 11.6 Å². The molecular formula is C20H24ClN3O. The first kappa shape index (κ1) is 17.8. The van der Waals surface area contributed by atoms with Gasteiger partial charge in [0, 0.05) is 42.6 Å². The first-order chi connectivity index (χ1) is 12.0. The van der Waals surface area contributed by atoms with Gasteiger partial charge in [0.25, 0.3) is 0 Å². The van der Waals surface area contributed by atoms with Gasteiger partial charge in [-0.25, -0.2) is 0 Å². The summed E-state index contributed by atoms with van der Waals surface area (Å²) in [7, 11) is 0. The Morgan fingerprint density at radius 1 is 1.08 bits per heavy atom. The largest absolute Gasteiger partial charge is 0.369 e. The Kier molecular flexibility index (Phi) is 5.61. The van der Waals surface area contributed by atoms with E-state index in [1.807, 2.05) is 56.3 Å². The van der Waals surface area contributed by atoms with Crippen LogP contribution in [0, 0.1) is 6.92 Å². The summed E-state index contributed by atoms with van der Waals surface area (Å²) in [5, 5.41) is 3.76. The van der Waals surface area contributed by atoms with Gasteiger partial charge in [0.15, 0.2) is 0 Å². The molecule has 1 atom stereocenters. The van der Waals surface area contributed by atoms with Crippen molar-refractivity contribution in [3.05, 3.63) is 59.1 Å². The minimum Gasteiger partial charge on any atom is -0.369 e. The molecule has 0 spiro atoms. The zero-order valence-corrected chi connectivity index (χ0v) is 15.5. The van der Waals surface area contributed by atoms with Crippen LogP contribution in [0.25, 0.3) is 0 Å². The Bertz CT molecular complexity index is 724. The highest BCUT2D eigenvalue weighted by Gasteiger charge is 2.25. The fraction of sp³-hybridized carbons (Fsp3) is 0.350. The van der Waals surface area contributed by atoms with Crippen LogP contribution >= 0.6 is 11.6 Å². The molecule has 0 unspecified atom stereocenters. The molecule has 0 bridgehead atoms.